The van der Waals surface area contributed by atoms with Crippen molar-refractivity contribution in [3.05, 3.63) is 48.5 Å². The molecule has 0 aliphatic heterocycles. The van der Waals surface area contributed by atoms with Crippen molar-refractivity contribution in [2.45, 2.75) is 0 Å². The molecule has 110 valence electrons. The van der Waals surface area contributed by atoms with Gasteiger partial charge >= 0.3 is 6.09 Å². The summed E-state index contributed by atoms with van der Waals surface area (Å²) < 4.78 is 15.1. The highest BCUT2D eigenvalue weighted by atomic mass is 16.5. The molecule has 0 atom stereocenters. The molecule has 2 aromatic carbocycles. The van der Waals surface area contributed by atoms with Gasteiger partial charge in [0.25, 0.3) is 0 Å². The highest BCUT2D eigenvalue weighted by Crippen LogP contribution is 2.29. The molecule has 0 aromatic heterocycles. The second kappa shape index (κ2) is 6.65. The van der Waals surface area contributed by atoms with E-state index in [0.29, 0.717) is 11.4 Å². The molecule has 5 nitrogen and oxygen atoms in total. The fourth-order valence-corrected chi connectivity index (χ4v) is 1.91. The van der Waals surface area contributed by atoms with Gasteiger partial charge in [0, 0.05) is 0 Å². The number of nitrogens with zero attached hydrogens (tertiary/aromatic N) is 1. The average molecular weight is 287 g/mol. The molecule has 0 saturated heterocycles. The van der Waals surface area contributed by atoms with E-state index in [9.17, 15) is 4.79 Å². The van der Waals surface area contributed by atoms with Crippen LogP contribution < -0.4 is 14.4 Å². The van der Waals surface area contributed by atoms with Crippen LogP contribution in [0.2, 0.25) is 0 Å². The van der Waals surface area contributed by atoms with Gasteiger partial charge in [0.1, 0.15) is 11.5 Å². The Hall–Kier alpha value is -2.69. The minimum atomic E-state index is -0.467. The smallest absolute Gasteiger partial charge is 0.418 e. The van der Waals surface area contributed by atoms with Crippen LogP contribution in [0.1, 0.15) is 0 Å². The number of benzene rings is 2. The Morgan fingerprint density at radius 2 is 1.14 bits per heavy atom. The standard InChI is InChI=1S/C16H17NO4/c1-19-14-8-4-12(5-9-14)17(16(18)21-3)13-6-10-15(20-2)11-7-13/h4-11H,1-3H3. The molecule has 21 heavy (non-hydrogen) atoms. The van der Waals surface area contributed by atoms with Crippen LogP contribution in [0.4, 0.5) is 16.2 Å². The number of rotatable bonds is 4. The van der Waals surface area contributed by atoms with Crippen LogP contribution in [0.5, 0.6) is 11.5 Å². The highest BCUT2D eigenvalue weighted by molar-refractivity contribution is 5.96. The molecule has 0 N–H and O–H groups in total. The first-order chi connectivity index (χ1) is 10.2. The maximum absolute atomic E-state index is 12.1. The van der Waals surface area contributed by atoms with Gasteiger partial charge in [-0.1, -0.05) is 0 Å². The summed E-state index contributed by atoms with van der Waals surface area (Å²) in [6, 6.07) is 14.3. The van der Waals surface area contributed by atoms with E-state index in [0.717, 1.165) is 11.5 Å². The minimum Gasteiger partial charge on any atom is -0.497 e. The predicted molar refractivity (Wildman–Crippen MR) is 80.5 cm³/mol. The molecule has 0 aliphatic carbocycles. The van der Waals surface area contributed by atoms with Gasteiger partial charge in [-0.05, 0) is 48.5 Å². The topological polar surface area (TPSA) is 48.0 Å². The number of carbonyl (C=O) groups excluding carboxylic acids is 1. The summed E-state index contributed by atoms with van der Waals surface area (Å²) in [6.07, 6.45) is -0.467. The Kier molecular flexibility index (Phi) is 4.66. The third kappa shape index (κ3) is 3.25. The molecule has 0 fully saturated rings. The lowest BCUT2D eigenvalue weighted by atomic mass is 10.2. The highest BCUT2D eigenvalue weighted by Gasteiger charge is 2.18. The Morgan fingerprint density at radius 1 is 0.762 bits per heavy atom. The van der Waals surface area contributed by atoms with Gasteiger partial charge in [-0.2, -0.15) is 0 Å². The Labute approximate surface area is 123 Å². The number of anilines is 2. The Balaban J connectivity index is 2.38. The first-order valence-electron chi connectivity index (χ1n) is 6.35. The minimum absolute atomic E-state index is 0.467. The molecule has 0 aliphatic rings. The summed E-state index contributed by atoms with van der Waals surface area (Å²) in [5, 5.41) is 0. The molecule has 0 heterocycles. The number of amides is 1. The van der Waals surface area contributed by atoms with Gasteiger partial charge in [0.15, 0.2) is 0 Å². The van der Waals surface area contributed by atoms with Crippen LogP contribution in [0.3, 0.4) is 0 Å². The van der Waals surface area contributed by atoms with Gasteiger partial charge in [-0.25, -0.2) is 9.69 Å². The normalized spacial score (nSPS) is 9.86. The van der Waals surface area contributed by atoms with Gasteiger partial charge in [0.2, 0.25) is 0 Å². The van der Waals surface area contributed by atoms with E-state index in [1.165, 1.54) is 12.0 Å². The lowest BCUT2D eigenvalue weighted by Crippen LogP contribution is -2.25. The van der Waals surface area contributed by atoms with Crippen molar-refractivity contribution >= 4 is 17.5 Å². The molecule has 2 aromatic rings. The van der Waals surface area contributed by atoms with E-state index in [2.05, 4.69) is 0 Å². The Bertz CT molecular complexity index is 545. The molecular weight excluding hydrogens is 270 g/mol. The van der Waals surface area contributed by atoms with Gasteiger partial charge in [0.05, 0.1) is 32.7 Å². The summed E-state index contributed by atoms with van der Waals surface area (Å²) >= 11 is 0. The van der Waals surface area contributed by atoms with Crippen molar-refractivity contribution in [2.75, 3.05) is 26.2 Å². The summed E-state index contributed by atoms with van der Waals surface area (Å²) in [5.41, 5.74) is 1.38. The lowest BCUT2D eigenvalue weighted by molar-refractivity contribution is 0.181. The average Bonchev–Trinajstić information content (AvgIpc) is 2.56. The zero-order valence-corrected chi connectivity index (χ0v) is 12.2. The van der Waals surface area contributed by atoms with Crippen molar-refractivity contribution in [3.63, 3.8) is 0 Å². The molecule has 0 saturated carbocycles. The maximum atomic E-state index is 12.1. The van der Waals surface area contributed by atoms with Crippen LogP contribution in [0.15, 0.2) is 48.5 Å². The van der Waals surface area contributed by atoms with E-state index >= 15 is 0 Å². The lowest BCUT2D eigenvalue weighted by Gasteiger charge is -2.21. The van der Waals surface area contributed by atoms with E-state index < -0.39 is 6.09 Å². The SMILES string of the molecule is COC(=O)N(c1ccc(OC)cc1)c1ccc(OC)cc1. The molecule has 5 heteroatoms. The zero-order valence-electron chi connectivity index (χ0n) is 12.2. The summed E-state index contributed by atoms with van der Waals surface area (Å²) in [6.45, 7) is 0. The summed E-state index contributed by atoms with van der Waals surface area (Å²) in [4.78, 5) is 13.5. The van der Waals surface area contributed by atoms with Crippen LogP contribution in [-0.2, 0) is 4.74 Å². The predicted octanol–water partition coefficient (Wildman–Crippen LogP) is 3.61. The largest absolute Gasteiger partial charge is 0.497 e. The number of methoxy groups -OCH3 is 3. The number of ether oxygens (including phenoxy) is 3. The number of hydrogen-bond donors (Lipinski definition) is 0. The van der Waals surface area contributed by atoms with Gasteiger partial charge in [-0.15, -0.1) is 0 Å². The van der Waals surface area contributed by atoms with Crippen molar-refractivity contribution < 1.29 is 19.0 Å². The van der Waals surface area contributed by atoms with Crippen LogP contribution in [-0.4, -0.2) is 27.4 Å². The number of carbonyl (C=O) groups is 1. The quantitative estimate of drug-likeness (QED) is 0.862. The fourth-order valence-electron chi connectivity index (χ4n) is 1.91. The fraction of sp³-hybridized carbons (Fsp3) is 0.188. The third-order valence-corrected chi connectivity index (χ3v) is 3.02. The van der Waals surface area contributed by atoms with Crippen molar-refractivity contribution in [3.8, 4) is 11.5 Å². The van der Waals surface area contributed by atoms with E-state index in [1.54, 1.807) is 62.8 Å². The molecule has 1 amide bonds. The molecular formula is C16H17NO4. The first-order valence-corrected chi connectivity index (χ1v) is 6.35. The maximum Gasteiger partial charge on any atom is 0.418 e. The first kappa shape index (κ1) is 14.7. The second-order valence-electron chi connectivity index (χ2n) is 4.20. The summed E-state index contributed by atoms with van der Waals surface area (Å²) in [7, 11) is 4.54. The van der Waals surface area contributed by atoms with Crippen LogP contribution >= 0.6 is 0 Å². The zero-order chi connectivity index (χ0) is 15.2. The summed E-state index contributed by atoms with van der Waals surface area (Å²) in [5.74, 6) is 1.44. The van der Waals surface area contributed by atoms with Gasteiger partial charge in [-0.3, -0.25) is 0 Å². The van der Waals surface area contributed by atoms with Crippen LogP contribution in [0, 0.1) is 0 Å². The molecule has 0 unspecified atom stereocenters. The molecule has 2 rings (SSSR count). The second-order valence-corrected chi connectivity index (χ2v) is 4.20. The molecule has 0 bridgehead atoms. The van der Waals surface area contributed by atoms with Crippen molar-refractivity contribution in [2.24, 2.45) is 0 Å². The van der Waals surface area contributed by atoms with Gasteiger partial charge < -0.3 is 14.2 Å². The molecule has 0 spiro atoms. The van der Waals surface area contributed by atoms with Crippen molar-refractivity contribution in [1.29, 1.82) is 0 Å². The third-order valence-electron chi connectivity index (χ3n) is 3.02. The molecule has 0 radical (unpaired) electrons. The number of hydrogen-bond acceptors (Lipinski definition) is 4. The monoisotopic (exact) mass is 287 g/mol. The van der Waals surface area contributed by atoms with Crippen molar-refractivity contribution in [1.82, 2.24) is 0 Å². The van der Waals surface area contributed by atoms with E-state index in [4.69, 9.17) is 14.2 Å². The van der Waals surface area contributed by atoms with E-state index in [1.807, 2.05) is 0 Å². The van der Waals surface area contributed by atoms with Crippen LogP contribution in [0.25, 0.3) is 0 Å². The van der Waals surface area contributed by atoms with E-state index in [-0.39, 0.29) is 0 Å². The Morgan fingerprint density at radius 3 is 1.43 bits per heavy atom.